The maximum absolute atomic E-state index is 13.1. The quantitative estimate of drug-likeness (QED) is 0.828. The van der Waals surface area contributed by atoms with Gasteiger partial charge in [-0.1, -0.05) is 6.07 Å². The summed E-state index contributed by atoms with van der Waals surface area (Å²) in [5, 5.41) is 2.56. The molecule has 2 rings (SSSR count). The lowest BCUT2D eigenvalue weighted by Crippen LogP contribution is -2.22. The number of aromatic amines is 1. The molecular weight excluding hydrogens is 361 g/mol. The molecule has 0 amide bonds. The van der Waals surface area contributed by atoms with Gasteiger partial charge in [-0.25, -0.2) is 8.42 Å². The van der Waals surface area contributed by atoms with Crippen LogP contribution in [0.5, 0.6) is 0 Å². The van der Waals surface area contributed by atoms with E-state index in [0.717, 1.165) is 23.9 Å². The zero-order valence-electron chi connectivity index (χ0n) is 13.6. The summed E-state index contributed by atoms with van der Waals surface area (Å²) < 4.78 is 64.2. The monoisotopic (exact) mass is 376 g/mol. The second-order valence-corrected chi connectivity index (χ2v) is 7.40. The predicted octanol–water partition coefficient (Wildman–Crippen LogP) is 2.16. The Balaban J connectivity index is 2.74. The van der Waals surface area contributed by atoms with E-state index >= 15 is 0 Å². The molecule has 136 valence electrons. The van der Waals surface area contributed by atoms with Crippen molar-refractivity contribution < 1.29 is 26.4 Å². The van der Waals surface area contributed by atoms with Crippen LogP contribution in [0.2, 0.25) is 0 Å². The zero-order valence-corrected chi connectivity index (χ0v) is 14.4. The third kappa shape index (κ3) is 3.39. The molecule has 0 aliphatic carbocycles. The highest BCUT2D eigenvalue weighted by Crippen LogP contribution is 2.37. The van der Waals surface area contributed by atoms with E-state index < -0.39 is 37.8 Å². The molecule has 0 radical (unpaired) electrons. The van der Waals surface area contributed by atoms with Crippen LogP contribution in [0.3, 0.4) is 0 Å². The van der Waals surface area contributed by atoms with E-state index in [9.17, 15) is 31.2 Å². The lowest BCUT2D eigenvalue weighted by molar-refractivity contribution is -0.139. The van der Waals surface area contributed by atoms with Gasteiger partial charge in [0.05, 0.1) is 10.5 Å². The molecule has 1 aromatic carbocycles. The van der Waals surface area contributed by atoms with E-state index in [2.05, 4.69) is 5.10 Å². The largest absolute Gasteiger partial charge is 0.417 e. The Hall–Kier alpha value is -2.36. The highest BCUT2D eigenvalue weighted by Gasteiger charge is 2.38. The topological polar surface area (TPSA) is 89.0 Å². The number of aryl methyl sites for hydroxylation is 1. The van der Waals surface area contributed by atoms with Crippen LogP contribution in [0.25, 0.3) is 0 Å². The molecule has 0 saturated carbocycles. The molecule has 1 aromatic heterocycles. The van der Waals surface area contributed by atoms with Crippen molar-refractivity contribution in [3.63, 3.8) is 0 Å². The number of sulfone groups is 1. The van der Waals surface area contributed by atoms with Gasteiger partial charge < -0.3 is 5.10 Å². The molecule has 0 spiro atoms. The van der Waals surface area contributed by atoms with Crippen LogP contribution in [0, 0.1) is 6.92 Å². The van der Waals surface area contributed by atoms with Crippen LogP contribution in [0.15, 0.2) is 28.0 Å². The van der Waals surface area contributed by atoms with Gasteiger partial charge in [0.2, 0.25) is 0 Å². The van der Waals surface area contributed by atoms with Gasteiger partial charge in [0.25, 0.3) is 5.56 Å². The minimum atomic E-state index is -4.90. The van der Waals surface area contributed by atoms with Crippen molar-refractivity contribution in [3.05, 3.63) is 50.9 Å². The number of hydrogen-bond donors (Lipinski definition) is 1. The number of halogens is 3. The Morgan fingerprint density at radius 3 is 2.28 bits per heavy atom. The fourth-order valence-electron chi connectivity index (χ4n) is 2.59. The molecular formula is C15H15F3N2O4S. The molecule has 1 heterocycles. The van der Waals surface area contributed by atoms with Crippen molar-refractivity contribution in [2.75, 3.05) is 6.26 Å². The van der Waals surface area contributed by atoms with Gasteiger partial charge in [0, 0.05) is 24.6 Å². The van der Waals surface area contributed by atoms with E-state index in [1.165, 1.54) is 0 Å². The first kappa shape index (κ1) is 19.0. The van der Waals surface area contributed by atoms with Crippen molar-refractivity contribution in [3.8, 4) is 0 Å². The van der Waals surface area contributed by atoms with Gasteiger partial charge in [-0.3, -0.25) is 14.3 Å². The fourth-order valence-corrected chi connectivity index (χ4v) is 3.84. The minimum absolute atomic E-state index is 0.271. The maximum Gasteiger partial charge on any atom is 0.417 e. The lowest BCUT2D eigenvalue weighted by Gasteiger charge is -2.16. The van der Waals surface area contributed by atoms with Crippen LogP contribution in [-0.4, -0.2) is 30.2 Å². The Labute approximate surface area is 141 Å². The van der Waals surface area contributed by atoms with Gasteiger partial charge in [-0.15, -0.1) is 0 Å². The van der Waals surface area contributed by atoms with Crippen LogP contribution < -0.4 is 5.56 Å². The third-order valence-corrected chi connectivity index (χ3v) is 5.00. The first-order chi connectivity index (χ1) is 11.4. The van der Waals surface area contributed by atoms with Crippen molar-refractivity contribution >= 4 is 15.6 Å². The first-order valence-electron chi connectivity index (χ1n) is 7.13. The number of H-pyrrole nitrogens is 1. The predicted molar refractivity (Wildman–Crippen MR) is 83.5 cm³/mol. The molecule has 1 N–H and O–H groups in total. The fraction of sp³-hybridized carbons (Fsp3) is 0.333. The number of hydrogen-bond acceptors (Lipinski definition) is 4. The summed E-state index contributed by atoms with van der Waals surface area (Å²) in [5.74, 6) is -0.843. The third-order valence-electron chi connectivity index (χ3n) is 3.73. The van der Waals surface area contributed by atoms with Gasteiger partial charge in [-0.2, -0.15) is 13.2 Å². The summed E-state index contributed by atoms with van der Waals surface area (Å²) in [6.45, 7) is 3.05. The number of nitrogens with zero attached hydrogens (tertiary/aromatic N) is 1. The summed E-state index contributed by atoms with van der Waals surface area (Å²) in [4.78, 5) is 23.6. The minimum Gasteiger partial charge on any atom is -0.302 e. The van der Waals surface area contributed by atoms with Gasteiger partial charge >= 0.3 is 6.18 Å². The molecule has 0 bridgehead atoms. The Morgan fingerprint density at radius 1 is 1.24 bits per heavy atom. The molecule has 2 aromatic rings. The van der Waals surface area contributed by atoms with E-state index in [-0.39, 0.29) is 23.2 Å². The van der Waals surface area contributed by atoms with Crippen molar-refractivity contribution in [1.29, 1.82) is 0 Å². The normalized spacial score (nSPS) is 12.4. The smallest absolute Gasteiger partial charge is 0.302 e. The summed E-state index contributed by atoms with van der Waals surface area (Å²) in [5.41, 5.74) is -2.86. The number of carbonyl (C=O) groups is 1. The van der Waals surface area contributed by atoms with Crippen molar-refractivity contribution in [2.24, 2.45) is 0 Å². The second kappa shape index (κ2) is 6.17. The van der Waals surface area contributed by atoms with Crippen molar-refractivity contribution in [2.45, 2.75) is 31.5 Å². The highest BCUT2D eigenvalue weighted by molar-refractivity contribution is 7.90. The van der Waals surface area contributed by atoms with E-state index in [1.54, 1.807) is 6.92 Å². The highest BCUT2D eigenvalue weighted by atomic mass is 32.2. The van der Waals surface area contributed by atoms with Crippen LogP contribution >= 0.6 is 0 Å². The number of carbonyl (C=O) groups excluding carboxylic acids is 1. The number of alkyl halides is 3. The molecule has 10 heteroatoms. The van der Waals surface area contributed by atoms with Gasteiger partial charge in [0.15, 0.2) is 15.6 Å². The number of nitrogens with one attached hydrogen (secondary N) is 1. The molecule has 0 aliphatic heterocycles. The molecule has 0 unspecified atom stereocenters. The average molecular weight is 376 g/mol. The Morgan fingerprint density at radius 2 is 1.84 bits per heavy atom. The average Bonchev–Trinajstić information content (AvgIpc) is 2.84. The summed E-state index contributed by atoms with van der Waals surface area (Å²) in [6, 6.07) is 1.43. The van der Waals surface area contributed by atoms with E-state index in [1.807, 2.05) is 0 Å². The molecule has 0 saturated heterocycles. The van der Waals surface area contributed by atoms with Gasteiger partial charge in [0.1, 0.15) is 5.56 Å². The molecule has 0 fully saturated rings. The maximum atomic E-state index is 13.1. The summed E-state index contributed by atoms with van der Waals surface area (Å²) in [6.07, 6.45) is -3.11. The lowest BCUT2D eigenvalue weighted by atomic mass is 9.98. The van der Waals surface area contributed by atoms with Crippen LogP contribution in [-0.2, 0) is 22.6 Å². The second-order valence-electron chi connectivity index (χ2n) is 5.45. The molecule has 6 nitrogen and oxygen atoms in total. The Kier molecular flexibility index (Phi) is 4.69. The van der Waals surface area contributed by atoms with Gasteiger partial charge in [-0.05, 0) is 25.5 Å². The van der Waals surface area contributed by atoms with E-state index in [0.29, 0.717) is 12.3 Å². The van der Waals surface area contributed by atoms with Crippen LogP contribution in [0.1, 0.15) is 34.0 Å². The van der Waals surface area contributed by atoms with Crippen molar-refractivity contribution in [1.82, 2.24) is 9.78 Å². The standard InChI is InChI=1S/C15H15F3N2O4S/c1-4-20-14(22)10(7-19-20)12(21)9-5-6-11(15(16,17)18)13(8(9)2)25(3,23)24/h5-7,19H,4H2,1-3H3. The number of aromatic nitrogens is 2. The number of rotatable bonds is 4. The first-order valence-corrected chi connectivity index (χ1v) is 9.02. The molecule has 0 aliphatic rings. The number of benzene rings is 1. The van der Waals surface area contributed by atoms with E-state index in [4.69, 9.17) is 0 Å². The molecule has 25 heavy (non-hydrogen) atoms. The summed E-state index contributed by atoms with van der Waals surface area (Å²) in [7, 11) is -4.26. The Bertz CT molecular complexity index is 1000. The number of ketones is 1. The van der Waals surface area contributed by atoms with Crippen LogP contribution in [0.4, 0.5) is 13.2 Å². The SMILES string of the molecule is CCn1[nH]cc(C(=O)c2ccc(C(F)(F)F)c(S(C)(=O)=O)c2C)c1=O. The molecule has 0 atom stereocenters. The zero-order chi connectivity index (χ0) is 19.2. The summed E-state index contributed by atoms with van der Waals surface area (Å²) >= 11 is 0.